The van der Waals surface area contributed by atoms with Gasteiger partial charge in [0, 0.05) is 56.1 Å². The zero-order chi connectivity index (χ0) is 20.8. The molecule has 0 saturated carbocycles. The van der Waals surface area contributed by atoms with E-state index in [1.807, 2.05) is 48.0 Å². The molecule has 8 nitrogen and oxygen atoms in total. The van der Waals surface area contributed by atoms with Crippen LogP contribution in [0, 0.1) is 0 Å². The number of benzene rings is 1. The highest BCUT2D eigenvalue weighted by atomic mass is 127. The van der Waals surface area contributed by atoms with Crippen molar-refractivity contribution >= 4 is 46.4 Å². The number of pyridine rings is 1. The van der Waals surface area contributed by atoms with Gasteiger partial charge in [-0.25, -0.2) is 15.0 Å². The van der Waals surface area contributed by atoms with Gasteiger partial charge in [-0.3, -0.25) is 0 Å². The quantitative estimate of drug-likeness (QED) is 0.284. The van der Waals surface area contributed by atoms with Gasteiger partial charge in [0.05, 0.1) is 13.7 Å². The van der Waals surface area contributed by atoms with Crippen LogP contribution in [0.5, 0.6) is 17.4 Å². The van der Waals surface area contributed by atoms with Crippen LogP contribution in [0.15, 0.2) is 59.2 Å². The lowest BCUT2D eigenvalue weighted by atomic mass is 10.3. The summed E-state index contributed by atoms with van der Waals surface area (Å²) in [4.78, 5) is 17.6. The van der Waals surface area contributed by atoms with E-state index in [4.69, 9.17) is 15.2 Å². The number of nitrogens with zero attached hydrogens (tertiary/aromatic N) is 5. The first-order valence-electron chi connectivity index (χ1n) is 9.67. The number of piperazine rings is 1. The highest BCUT2D eigenvalue weighted by Gasteiger charge is 2.19. The van der Waals surface area contributed by atoms with Crippen LogP contribution < -0.4 is 20.1 Å². The molecule has 0 unspecified atom stereocenters. The molecule has 164 valence electrons. The van der Waals surface area contributed by atoms with Crippen molar-refractivity contribution in [1.82, 2.24) is 14.9 Å². The topological polar surface area (TPSA) is 89.1 Å². The third-order valence-corrected chi connectivity index (χ3v) is 5.61. The van der Waals surface area contributed by atoms with Crippen molar-refractivity contribution < 1.29 is 9.47 Å². The minimum Gasteiger partial charge on any atom is -0.497 e. The lowest BCUT2D eigenvalue weighted by Gasteiger charge is -2.35. The van der Waals surface area contributed by atoms with E-state index >= 15 is 0 Å². The Labute approximate surface area is 202 Å². The summed E-state index contributed by atoms with van der Waals surface area (Å²) in [5.74, 6) is 2.49. The molecule has 1 aliphatic heterocycles. The van der Waals surface area contributed by atoms with E-state index in [2.05, 4.69) is 24.8 Å². The van der Waals surface area contributed by atoms with Crippen molar-refractivity contribution in [3.05, 3.63) is 59.7 Å². The summed E-state index contributed by atoms with van der Waals surface area (Å²) in [5, 5.41) is 3.06. The zero-order valence-corrected chi connectivity index (χ0v) is 20.3. The highest BCUT2D eigenvalue weighted by Crippen LogP contribution is 2.24. The monoisotopic (exact) mass is 552 g/mol. The van der Waals surface area contributed by atoms with Crippen molar-refractivity contribution in [3.63, 3.8) is 0 Å². The smallest absolute Gasteiger partial charge is 0.219 e. The van der Waals surface area contributed by atoms with Gasteiger partial charge in [-0.15, -0.1) is 35.3 Å². The second-order valence-electron chi connectivity index (χ2n) is 6.75. The number of aromatic nitrogens is 2. The zero-order valence-electron chi connectivity index (χ0n) is 17.2. The number of ether oxygens (including phenoxy) is 2. The summed E-state index contributed by atoms with van der Waals surface area (Å²) in [7, 11) is 1.62. The molecule has 10 heteroatoms. The van der Waals surface area contributed by atoms with E-state index in [9.17, 15) is 0 Å². The highest BCUT2D eigenvalue weighted by molar-refractivity contribution is 14.0. The van der Waals surface area contributed by atoms with Crippen LogP contribution in [-0.4, -0.2) is 54.1 Å². The van der Waals surface area contributed by atoms with Crippen LogP contribution >= 0.6 is 35.3 Å². The maximum atomic E-state index is 6.21. The number of nitrogens with two attached hydrogens (primary N) is 1. The summed E-state index contributed by atoms with van der Waals surface area (Å²) < 4.78 is 11.0. The fourth-order valence-electron chi connectivity index (χ4n) is 3.12. The Morgan fingerprint density at radius 1 is 1.13 bits per heavy atom. The van der Waals surface area contributed by atoms with Crippen molar-refractivity contribution in [2.75, 3.05) is 38.2 Å². The van der Waals surface area contributed by atoms with Crippen molar-refractivity contribution in [2.45, 2.75) is 6.54 Å². The molecule has 1 fully saturated rings. The molecule has 1 aliphatic rings. The largest absolute Gasteiger partial charge is 0.497 e. The summed E-state index contributed by atoms with van der Waals surface area (Å²) in [6.45, 7) is 3.93. The van der Waals surface area contributed by atoms with Gasteiger partial charge in [0.25, 0.3) is 0 Å². The standard InChI is InChI=1S/C21H24N6O2S.HI/c1-28-17-3-2-4-18(13-17)29-19-6-5-16(14-24-19)15-25-20(22)26-8-10-27(11-9-26)21-23-7-12-30-21;/h2-7,12-14H,8-11,15H2,1H3,(H2,22,25);1H. The summed E-state index contributed by atoms with van der Waals surface area (Å²) in [5.41, 5.74) is 7.18. The average Bonchev–Trinajstić information content (AvgIpc) is 3.34. The minimum absolute atomic E-state index is 0. The van der Waals surface area contributed by atoms with Gasteiger partial charge in [-0.05, 0) is 17.7 Å². The molecule has 0 aliphatic carbocycles. The fraction of sp³-hybridized carbons (Fsp3) is 0.286. The summed E-state index contributed by atoms with van der Waals surface area (Å²) in [6, 6.07) is 11.2. The number of hydrogen-bond donors (Lipinski definition) is 1. The Hall–Kier alpha value is -2.60. The second-order valence-corrected chi connectivity index (χ2v) is 7.62. The van der Waals surface area contributed by atoms with Crippen LogP contribution in [0.4, 0.5) is 5.13 Å². The summed E-state index contributed by atoms with van der Waals surface area (Å²) in [6.07, 6.45) is 3.59. The van der Waals surface area contributed by atoms with E-state index in [0.29, 0.717) is 24.1 Å². The third kappa shape index (κ3) is 6.20. The normalized spacial score (nSPS) is 14.2. The van der Waals surface area contributed by atoms with Gasteiger partial charge in [0.15, 0.2) is 11.1 Å². The van der Waals surface area contributed by atoms with Crippen LogP contribution in [0.2, 0.25) is 0 Å². The molecular weight excluding hydrogens is 527 g/mol. The van der Waals surface area contributed by atoms with E-state index in [0.717, 1.165) is 42.6 Å². The van der Waals surface area contributed by atoms with E-state index in [1.54, 1.807) is 24.6 Å². The molecule has 3 heterocycles. The van der Waals surface area contributed by atoms with Crippen LogP contribution in [-0.2, 0) is 6.54 Å². The molecule has 2 N–H and O–H groups in total. The van der Waals surface area contributed by atoms with Crippen LogP contribution in [0.25, 0.3) is 0 Å². The van der Waals surface area contributed by atoms with Gasteiger partial charge in [0.1, 0.15) is 11.5 Å². The van der Waals surface area contributed by atoms with Crippen molar-refractivity contribution in [3.8, 4) is 17.4 Å². The molecule has 0 radical (unpaired) electrons. The first-order chi connectivity index (χ1) is 14.7. The first kappa shape index (κ1) is 23.1. The summed E-state index contributed by atoms with van der Waals surface area (Å²) >= 11 is 1.66. The number of guanidine groups is 1. The molecular formula is C21H25IN6O2S. The molecule has 0 bridgehead atoms. The number of aliphatic imine (C=N–C) groups is 1. The predicted molar refractivity (Wildman–Crippen MR) is 134 cm³/mol. The van der Waals surface area contributed by atoms with Crippen LogP contribution in [0.1, 0.15) is 5.56 Å². The Bertz CT molecular complexity index is 976. The Balaban J connectivity index is 0.00000272. The fourth-order valence-corrected chi connectivity index (χ4v) is 3.82. The molecule has 1 aromatic carbocycles. The lowest BCUT2D eigenvalue weighted by Crippen LogP contribution is -2.51. The van der Waals surface area contributed by atoms with Gasteiger partial charge < -0.3 is 25.0 Å². The van der Waals surface area contributed by atoms with Gasteiger partial charge in [-0.1, -0.05) is 12.1 Å². The van der Waals surface area contributed by atoms with Gasteiger partial charge in [0.2, 0.25) is 5.88 Å². The third-order valence-electron chi connectivity index (χ3n) is 4.78. The van der Waals surface area contributed by atoms with Crippen LogP contribution in [0.3, 0.4) is 0 Å². The SMILES string of the molecule is COc1cccc(Oc2ccc(CN=C(N)N3CCN(c4nccs4)CC3)cn2)c1.I. The van der Waals surface area contributed by atoms with Crippen molar-refractivity contribution in [1.29, 1.82) is 0 Å². The average molecular weight is 552 g/mol. The maximum Gasteiger partial charge on any atom is 0.219 e. The number of methoxy groups -OCH3 is 1. The number of halogens is 1. The maximum absolute atomic E-state index is 6.21. The van der Waals surface area contributed by atoms with Gasteiger partial charge >= 0.3 is 0 Å². The predicted octanol–water partition coefficient (Wildman–Crippen LogP) is 3.59. The minimum atomic E-state index is 0. The number of thiazole rings is 1. The first-order valence-corrected chi connectivity index (χ1v) is 10.6. The Morgan fingerprint density at radius 2 is 1.94 bits per heavy atom. The molecule has 0 spiro atoms. The van der Waals surface area contributed by atoms with E-state index < -0.39 is 0 Å². The number of anilines is 1. The van der Waals surface area contributed by atoms with E-state index in [-0.39, 0.29) is 24.0 Å². The molecule has 31 heavy (non-hydrogen) atoms. The molecule has 1 saturated heterocycles. The number of hydrogen-bond acceptors (Lipinski definition) is 7. The molecule has 2 aromatic heterocycles. The Morgan fingerprint density at radius 3 is 2.61 bits per heavy atom. The molecule has 3 aromatic rings. The molecule has 4 rings (SSSR count). The number of rotatable bonds is 6. The van der Waals surface area contributed by atoms with Crippen molar-refractivity contribution in [2.24, 2.45) is 10.7 Å². The lowest BCUT2D eigenvalue weighted by molar-refractivity contribution is 0.380. The second kappa shape index (κ2) is 11.1. The molecule has 0 atom stereocenters. The Kier molecular flexibility index (Phi) is 8.29. The molecule has 0 amide bonds. The van der Waals surface area contributed by atoms with E-state index in [1.165, 1.54) is 0 Å². The van der Waals surface area contributed by atoms with Gasteiger partial charge in [-0.2, -0.15) is 0 Å².